The SMILES string of the molecule is COC(=O)C(C)(N=C(c1ccccc1)c1ccccc1)C(C)(C)c1ccc(OC)cc1. The van der Waals surface area contributed by atoms with E-state index in [1.54, 1.807) is 7.11 Å². The third kappa shape index (κ3) is 4.38. The van der Waals surface area contributed by atoms with E-state index >= 15 is 0 Å². The molecule has 3 aromatic carbocycles. The first kappa shape index (κ1) is 22.3. The Labute approximate surface area is 184 Å². The van der Waals surface area contributed by atoms with Crippen molar-refractivity contribution in [2.45, 2.75) is 31.7 Å². The van der Waals surface area contributed by atoms with Crippen LogP contribution in [-0.4, -0.2) is 31.4 Å². The van der Waals surface area contributed by atoms with Gasteiger partial charge in [-0.05, 0) is 24.6 Å². The Hall–Kier alpha value is -3.40. The number of rotatable bonds is 7. The zero-order valence-corrected chi connectivity index (χ0v) is 18.8. The maximum Gasteiger partial charge on any atom is 0.334 e. The molecule has 0 radical (unpaired) electrons. The molecule has 31 heavy (non-hydrogen) atoms. The molecular formula is C27H29NO3. The van der Waals surface area contributed by atoms with Crippen LogP contribution in [0.1, 0.15) is 37.5 Å². The zero-order chi connectivity index (χ0) is 22.5. The summed E-state index contributed by atoms with van der Waals surface area (Å²) in [6.07, 6.45) is 0. The molecule has 3 rings (SSSR count). The molecule has 0 aliphatic heterocycles. The van der Waals surface area contributed by atoms with E-state index in [1.165, 1.54) is 7.11 Å². The molecule has 0 bridgehead atoms. The molecule has 1 atom stereocenters. The molecule has 0 heterocycles. The highest BCUT2D eigenvalue weighted by atomic mass is 16.5. The average Bonchev–Trinajstić information content (AvgIpc) is 2.82. The van der Waals surface area contributed by atoms with Crippen molar-refractivity contribution < 1.29 is 14.3 Å². The second-order valence-electron chi connectivity index (χ2n) is 8.11. The van der Waals surface area contributed by atoms with E-state index in [9.17, 15) is 4.79 Å². The number of carbonyl (C=O) groups excluding carboxylic acids is 1. The number of hydrogen-bond donors (Lipinski definition) is 0. The van der Waals surface area contributed by atoms with E-state index in [4.69, 9.17) is 14.5 Å². The van der Waals surface area contributed by atoms with Crippen LogP contribution in [0, 0.1) is 0 Å². The summed E-state index contributed by atoms with van der Waals surface area (Å²) in [6.45, 7) is 5.88. The summed E-state index contributed by atoms with van der Waals surface area (Å²) >= 11 is 0. The molecule has 160 valence electrons. The van der Waals surface area contributed by atoms with E-state index < -0.39 is 16.9 Å². The van der Waals surface area contributed by atoms with E-state index in [0.29, 0.717) is 0 Å². The largest absolute Gasteiger partial charge is 0.497 e. The Morgan fingerprint density at radius 1 is 0.742 bits per heavy atom. The predicted molar refractivity (Wildman–Crippen MR) is 125 cm³/mol. The molecule has 0 spiro atoms. The molecule has 1 unspecified atom stereocenters. The van der Waals surface area contributed by atoms with Gasteiger partial charge in [0.2, 0.25) is 0 Å². The Kier molecular flexibility index (Phi) is 6.59. The zero-order valence-electron chi connectivity index (χ0n) is 18.8. The molecule has 0 aliphatic carbocycles. The van der Waals surface area contributed by atoms with Crippen molar-refractivity contribution in [1.82, 2.24) is 0 Å². The van der Waals surface area contributed by atoms with Crippen LogP contribution >= 0.6 is 0 Å². The highest BCUT2D eigenvalue weighted by molar-refractivity contribution is 6.14. The van der Waals surface area contributed by atoms with Gasteiger partial charge in [0.25, 0.3) is 0 Å². The van der Waals surface area contributed by atoms with Gasteiger partial charge in [-0.15, -0.1) is 0 Å². The summed E-state index contributed by atoms with van der Waals surface area (Å²) in [5.74, 6) is 0.370. The Morgan fingerprint density at radius 3 is 1.65 bits per heavy atom. The fourth-order valence-corrected chi connectivity index (χ4v) is 3.64. The lowest BCUT2D eigenvalue weighted by Gasteiger charge is -2.40. The van der Waals surface area contributed by atoms with Gasteiger partial charge in [0.15, 0.2) is 5.54 Å². The number of benzene rings is 3. The van der Waals surface area contributed by atoms with Gasteiger partial charge in [-0.25, -0.2) is 4.79 Å². The maximum atomic E-state index is 13.2. The lowest BCUT2D eigenvalue weighted by Crippen LogP contribution is -2.51. The van der Waals surface area contributed by atoms with Crippen molar-refractivity contribution >= 4 is 11.7 Å². The topological polar surface area (TPSA) is 47.9 Å². The number of esters is 1. The van der Waals surface area contributed by atoms with Crippen LogP contribution in [0.3, 0.4) is 0 Å². The highest BCUT2D eigenvalue weighted by Crippen LogP contribution is 2.40. The van der Waals surface area contributed by atoms with Gasteiger partial charge in [-0.2, -0.15) is 0 Å². The summed E-state index contributed by atoms with van der Waals surface area (Å²) in [7, 11) is 3.04. The monoisotopic (exact) mass is 415 g/mol. The lowest BCUT2D eigenvalue weighted by molar-refractivity contribution is -0.148. The summed E-state index contributed by atoms with van der Waals surface area (Å²) in [5, 5.41) is 0. The average molecular weight is 416 g/mol. The van der Waals surface area contributed by atoms with E-state index in [-0.39, 0.29) is 0 Å². The molecule has 3 aromatic rings. The fraction of sp³-hybridized carbons (Fsp3) is 0.259. The van der Waals surface area contributed by atoms with Gasteiger partial charge in [-0.3, -0.25) is 4.99 Å². The van der Waals surface area contributed by atoms with Crippen LogP contribution in [-0.2, 0) is 14.9 Å². The summed E-state index contributed by atoms with van der Waals surface area (Å²) < 4.78 is 10.6. The van der Waals surface area contributed by atoms with Crippen molar-refractivity contribution in [2.24, 2.45) is 4.99 Å². The maximum absolute atomic E-state index is 13.2. The van der Waals surface area contributed by atoms with E-state index in [2.05, 4.69) is 0 Å². The number of nitrogens with zero attached hydrogens (tertiary/aromatic N) is 1. The van der Waals surface area contributed by atoms with Crippen molar-refractivity contribution in [3.05, 3.63) is 102 Å². The summed E-state index contributed by atoms with van der Waals surface area (Å²) in [5.41, 5.74) is 1.74. The van der Waals surface area contributed by atoms with Crippen LogP contribution in [0.2, 0.25) is 0 Å². The lowest BCUT2D eigenvalue weighted by atomic mass is 9.68. The number of methoxy groups -OCH3 is 2. The first-order valence-corrected chi connectivity index (χ1v) is 10.3. The fourth-order valence-electron chi connectivity index (χ4n) is 3.64. The molecule has 4 nitrogen and oxygen atoms in total. The van der Waals surface area contributed by atoms with Crippen LogP contribution in [0.25, 0.3) is 0 Å². The smallest absolute Gasteiger partial charge is 0.334 e. The Bertz CT molecular complexity index is 999. The van der Waals surface area contributed by atoms with Crippen molar-refractivity contribution in [3.63, 3.8) is 0 Å². The molecule has 0 fully saturated rings. The quantitative estimate of drug-likeness (QED) is 0.381. The predicted octanol–water partition coefficient (Wildman–Crippen LogP) is 5.44. The van der Waals surface area contributed by atoms with Gasteiger partial charge >= 0.3 is 5.97 Å². The summed E-state index contributed by atoms with van der Waals surface area (Å²) in [4.78, 5) is 18.3. The normalized spacial score (nSPS) is 13.1. The third-order valence-corrected chi connectivity index (χ3v) is 6.04. The molecule has 0 saturated carbocycles. The highest BCUT2D eigenvalue weighted by Gasteiger charge is 2.50. The molecule has 0 aliphatic rings. The minimum Gasteiger partial charge on any atom is -0.497 e. The first-order chi connectivity index (χ1) is 14.8. The van der Waals surface area contributed by atoms with Crippen LogP contribution in [0.4, 0.5) is 0 Å². The van der Waals surface area contributed by atoms with Crippen LogP contribution in [0.5, 0.6) is 5.75 Å². The number of aliphatic imine (C=N–C) groups is 1. The van der Waals surface area contributed by atoms with E-state index in [1.807, 2.05) is 106 Å². The van der Waals surface area contributed by atoms with E-state index in [0.717, 1.165) is 28.2 Å². The minimum atomic E-state index is -1.18. The Balaban J connectivity index is 2.23. The van der Waals surface area contributed by atoms with Crippen molar-refractivity contribution in [1.29, 1.82) is 0 Å². The molecule has 0 saturated heterocycles. The Morgan fingerprint density at radius 2 is 1.23 bits per heavy atom. The van der Waals surface area contributed by atoms with Crippen LogP contribution in [0.15, 0.2) is 89.9 Å². The number of ether oxygens (including phenoxy) is 2. The summed E-state index contributed by atoms with van der Waals surface area (Å²) in [6, 6.07) is 27.6. The first-order valence-electron chi connectivity index (χ1n) is 10.3. The second kappa shape index (κ2) is 9.17. The molecular weight excluding hydrogens is 386 g/mol. The second-order valence-corrected chi connectivity index (χ2v) is 8.11. The van der Waals surface area contributed by atoms with Gasteiger partial charge < -0.3 is 9.47 Å². The minimum absolute atomic E-state index is 0.391. The molecule has 0 aromatic heterocycles. The third-order valence-electron chi connectivity index (χ3n) is 6.04. The van der Waals surface area contributed by atoms with Crippen LogP contribution < -0.4 is 4.74 Å². The van der Waals surface area contributed by atoms with Gasteiger partial charge in [0.1, 0.15) is 5.75 Å². The standard InChI is InChI=1S/C27H29NO3/c1-26(2,22-16-18-23(30-4)19-17-22)27(3,25(29)31-5)28-24(20-12-8-6-9-13-20)21-14-10-7-11-15-21/h6-19H,1-5H3. The number of hydrogen-bond acceptors (Lipinski definition) is 4. The van der Waals surface area contributed by atoms with Gasteiger partial charge in [-0.1, -0.05) is 86.6 Å². The number of carbonyl (C=O) groups is 1. The van der Waals surface area contributed by atoms with Crippen molar-refractivity contribution in [2.75, 3.05) is 14.2 Å². The van der Waals surface area contributed by atoms with Gasteiger partial charge in [0.05, 0.1) is 19.9 Å². The van der Waals surface area contributed by atoms with Crippen molar-refractivity contribution in [3.8, 4) is 5.75 Å². The molecule has 0 amide bonds. The molecule has 0 N–H and O–H groups in total. The van der Waals surface area contributed by atoms with Gasteiger partial charge in [0, 0.05) is 16.5 Å². The molecule has 4 heteroatoms.